The minimum atomic E-state index is -0.157. The van der Waals surface area contributed by atoms with Crippen molar-refractivity contribution < 1.29 is 4.79 Å². The van der Waals surface area contributed by atoms with Gasteiger partial charge in [0.1, 0.15) is 0 Å². The molecule has 0 atom stereocenters. The number of hydrogen-bond donors (Lipinski definition) is 1. The predicted molar refractivity (Wildman–Crippen MR) is 101 cm³/mol. The number of nitrogens with one attached hydrogen (secondary N) is 1. The zero-order chi connectivity index (χ0) is 17.8. The molecule has 1 heterocycles. The first kappa shape index (κ1) is 17.2. The maximum Gasteiger partial charge on any atom is 0.256 e. The molecule has 0 radical (unpaired) electrons. The third-order valence-electron chi connectivity index (χ3n) is 4.07. The van der Waals surface area contributed by atoms with Crippen LogP contribution in [0.25, 0.3) is 0 Å². The Morgan fingerprint density at radius 1 is 1.12 bits per heavy atom. The Morgan fingerprint density at radius 2 is 1.88 bits per heavy atom. The number of halogens is 1. The molecule has 3 rings (SSSR count). The summed E-state index contributed by atoms with van der Waals surface area (Å²) in [6, 6.07) is 17.2. The van der Waals surface area contributed by atoms with Gasteiger partial charge in [-0.1, -0.05) is 42.8 Å². The van der Waals surface area contributed by atoms with Crippen molar-refractivity contribution in [2.24, 2.45) is 0 Å². The van der Waals surface area contributed by atoms with Crippen LogP contribution in [0.1, 0.15) is 34.1 Å². The number of anilines is 1. The van der Waals surface area contributed by atoms with Crippen LogP contribution < -0.4 is 5.32 Å². The van der Waals surface area contributed by atoms with Gasteiger partial charge in [-0.15, -0.1) is 0 Å². The van der Waals surface area contributed by atoms with E-state index >= 15 is 0 Å². The molecule has 0 saturated heterocycles. The second kappa shape index (κ2) is 7.53. The summed E-state index contributed by atoms with van der Waals surface area (Å²) in [4.78, 5) is 12.4. The topological polar surface area (TPSA) is 46.9 Å². The largest absolute Gasteiger partial charge is 0.305 e. The van der Waals surface area contributed by atoms with Crippen LogP contribution >= 0.6 is 11.6 Å². The quantitative estimate of drug-likeness (QED) is 0.722. The second-order valence-corrected chi connectivity index (χ2v) is 6.40. The highest BCUT2D eigenvalue weighted by Crippen LogP contribution is 2.15. The Balaban J connectivity index is 1.72. The van der Waals surface area contributed by atoms with E-state index in [1.165, 1.54) is 5.56 Å². The lowest BCUT2D eigenvalue weighted by atomic mass is 10.1. The van der Waals surface area contributed by atoms with Gasteiger partial charge in [-0.2, -0.15) is 5.10 Å². The van der Waals surface area contributed by atoms with E-state index in [-0.39, 0.29) is 5.91 Å². The Hall–Kier alpha value is -2.59. The van der Waals surface area contributed by atoms with Crippen molar-refractivity contribution in [1.29, 1.82) is 0 Å². The normalized spacial score (nSPS) is 10.7. The highest BCUT2D eigenvalue weighted by molar-refractivity contribution is 6.30. The number of nitrogens with zero attached hydrogens (tertiary/aromatic N) is 2. The minimum Gasteiger partial charge on any atom is -0.305 e. The van der Waals surface area contributed by atoms with Gasteiger partial charge in [0.05, 0.1) is 6.54 Å². The number of aryl methyl sites for hydroxylation is 2. The molecule has 0 fully saturated rings. The molecular weight excluding hydrogens is 334 g/mol. The van der Waals surface area contributed by atoms with Gasteiger partial charge >= 0.3 is 0 Å². The minimum absolute atomic E-state index is 0.157. The summed E-state index contributed by atoms with van der Waals surface area (Å²) >= 11 is 6.03. The first-order chi connectivity index (χ1) is 12.0. The number of hydrogen-bond acceptors (Lipinski definition) is 2. The number of carbonyl (C=O) groups is 1. The number of rotatable bonds is 5. The van der Waals surface area contributed by atoms with Crippen LogP contribution in [0, 0.1) is 6.92 Å². The molecule has 1 N–H and O–H groups in total. The summed E-state index contributed by atoms with van der Waals surface area (Å²) in [5.74, 6) is 0.388. The summed E-state index contributed by atoms with van der Waals surface area (Å²) in [7, 11) is 0. The van der Waals surface area contributed by atoms with Crippen LogP contribution in [0.2, 0.25) is 5.02 Å². The van der Waals surface area contributed by atoms with Crippen molar-refractivity contribution in [1.82, 2.24) is 9.78 Å². The SMILES string of the molecule is CCc1ccc(C(=O)Nc2cc(C)n(Cc3cccc(Cl)c3)n2)cc1. The molecule has 0 aliphatic carbocycles. The average molecular weight is 354 g/mol. The number of amides is 1. The smallest absolute Gasteiger partial charge is 0.256 e. The lowest BCUT2D eigenvalue weighted by molar-refractivity contribution is 0.102. The van der Waals surface area contributed by atoms with Gasteiger partial charge in [0.25, 0.3) is 5.91 Å². The van der Waals surface area contributed by atoms with Crippen LogP contribution in [0.3, 0.4) is 0 Å². The standard InChI is InChI=1S/C20H20ClN3O/c1-3-15-7-9-17(10-8-15)20(25)22-19-11-14(2)24(23-19)13-16-5-4-6-18(21)12-16/h4-12H,3,13H2,1-2H3,(H,22,23,25). The zero-order valence-electron chi connectivity index (χ0n) is 14.3. The first-order valence-electron chi connectivity index (χ1n) is 8.24. The third kappa shape index (κ3) is 4.28. The van der Waals surface area contributed by atoms with E-state index < -0.39 is 0 Å². The molecule has 25 heavy (non-hydrogen) atoms. The van der Waals surface area contributed by atoms with Crippen molar-refractivity contribution in [3.63, 3.8) is 0 Å². The molecule has 1 amide bonds. The van der Waals surface area contributed by atoms with Crippen molar-refractivity contribution >= 4 is 23.3 Å². The molecule has 5 heteroatoms. The van der Waals surface area contributed by atoms with Crippen LogP contribution in [-0.4, -0.2) is 15.7 Å². The summed E-state index contributed by atoms with van der Waals surface area (Å²) in [6.45, 7) is 4.65. The molecule has 1 aromatic heterocycles. The van der Waals surface area contributed by atoms with Crippen molar-refractivity contribution in [3.8, 4) is 0 Å². The Bertz CT molecular complexity index is 884. The number of carbonyl (C=O) groups excluding carboxylic acids is 1. The molecule has 4 nitrogen and oxygen atoms in total. The van der Waals surface area contributed by atoms with Gasteiger partial charge in [-0.3, -0.25) is 9.48 Å². The van der Waals surface area contributed by atoms with Crippen molar-refractivity contribution in [2.45, 2.75) is 26.8 Å². The Morgan fingerprint density at radius 3 is 2.56 bits per heavy atom. The molecule has 0 aliphatic heterocycles. The summed E-state index contributed by atoms with van der Waals surface area (Å²) < 4.78 is 1.85. The van der Waals surface area contributed by atoms with Gasteiger partial charge in [0, 0.05) is 22.3 Å². The highest BCUT2D eigenvalue weighted by Gasteiger charge is 2.10. The molecule has 0 spiro atoms. The van der Waals surface area contributed by atoms with Crippen molar-refractivity contribution in [3.05, 3.63) is 82.0 Å². The van der Waals surface area contributed by atoms with E-state index in [2.05, 4.69) is 17.3 Å². The summed E-state index contributed by atoms with van der Waals surface area (Å²) in [6.07, 6.45) is 0.953. The Kier molecular flexibility index (Phi) is 5.19. The fourth-order valence-electron chi connectivity index (χ4n) is 2.62. The van der Waals surface area contributed by atoms with Crippen LogP contribution in [0.5, 0.6) is 0 Å². The zero-order valence-corrected chi connectivity index (χ0v) is 15.0. The lowest BCUT2D eigenvalue weighted by Gasteiger charge is -2.05. The Labute approximate surface area is 152 Å². The van der Waals surface area contributed by atoms with E-state index in [1.807, 2.05) is 66.2 Å². The maximum absolute atomic E-state index is 12.4. The first-order valence-corrected chi connectivity index (χ1v) is 8.62. The van der Waals surface area contributed by atoms with Crippen LogP contribution in [0.15, 0.2) is 54.6 Å². The van der Waals surface area contributed by atoms with Gasteiger partial charge in [0.2, 0.25) is 0 Å². The van der Waals surface area contributed by atoms with Crippen LogP contribution in [0.4, 0.5) is 5.82 Å². The molecule has 3 aromatic rings. The molecule has 0 aliphatic rings. The second-order valence-electron chi connectivity index (χ2n) is 5.96. The van der Waals surface area contributed by atoms with Gasteiger partial charge in [0.15, 0.2) is 5.82 Å². The van der Waals surface area contributed by atoms with Gasteiger partial charge < -0.3 is 5.32 Å². The average Bonchev–Trinajstić information content (AvgIpc) is 2.94. The monoisotopic (exact) mass is 353 g/mol. The molecule has 128 valence electrons. The summed E-state index contributed by atoms with van der Waals surface area (Å²) in [5.41, 5.74) is 3.86. The summed E-state index contributed by atoms with van der Waals surface area (Å²) in [5, 5.41) is 8.03. The van der Waals surface area contributed by atoms with E-state index in [9.17, 15) is 4.79 Å². The van der Waals surface area contributed by atoms with E-state index in [0.29, 0.717) is 22.9 Å². The van der Waals surface area contributed by atoms with Gasteiger partial charge in [-0.25, -0.2) is 0 Å². The molecule has 0 bridgehead atoms. The van der Waals surface area contributed by atoms with Crippen molar-refractivity contribution in [2.75, 3.05) is 5.32 Å². The fourth-order valence-corrected chi connectivity index (χ4v) is 2.83. The molecule has 2 aromatic carbocycles. The predicted octanol–water partition coefficient (Wildman–Crippen LogP) is 4.71. The fraction of sp³-hybridized carbons (Fsp3) is 0.200. The van der Waals surface area contributed by atoms with Gasteiger partial charge in [-0.05, 0) is 48.7 Å². The molecule has 0 unspecified atom stereocenters. The molecular formula is C20H20ClN3O. The van der Waals surface area contributed by atoms with Crippen LogP contribution in [-0.2, 0) is 13.0 Å². The van der Waals surface area contributed by atoms with E-state index in [4.69, 9.17) is 11.6 Å². The maximum atomic E-state index is 12.4. The van der Waals surface area contributed by atoms with E-state index in [1.54, 1.807) is 0 Å². The lowest BCUT2D eigenvalue weighted by Crippen LogP contribution is -2.13. The number of aromatic nitrogens is 2. The number of benzene rings is 2. The van der Waals surface area contributed by atoms with E-state index in [0.717, 1.165) is 17.7 Å². The molecule has 0 saturated carbocycles. The third-order valence-corrected chi connectivity index (χ3v) is 4.30. The highest BCUT2D eigenvalue weighted by atomic mass is 35.5.